The van der Waals surface area contributed by atoms with Crippen molar-refractivity contribution in [1.82, 2.24) is 0 Å². The summed E-state index contributed by atoms with van der Waals surface area (Å²) < 4.78 is 0.992. The molecule has 0 aromatic heterocycles. The molecule has 0 nitrogen and oxygen atoms in total. The highest BCUT2D eigenvalue weighted by atomic mass is 127. The third kappa shape index (κ3) is 2.40. The molecule has 1 heteroatoms. The molecule has 0 saturated heterocycles. The van der Waals surface area contributed by atoms with Gasteiger partial charge in [-0.15, -0.1) is 0 Å². The summed E-state index contributed by atoms with van der Waals surface area (Å²) in [7, 11) is 0. The molecule has 0 aromatic carbocycles. The van der Waals surface area contributed by atoms with Crippen molar-refractivity contribution < 1.29 is 0 Å². The molecule has 1 aliphatic rings. The van der Waals surface area contributed by atoms with Gasteiger partial charge in [-0.25, -0.2) is 0 Å². The van der Waals surface area contributed by atoms with Crippen LogP contribution < -0.4 is 0 Å². The lowest BCUT2D eigenvalue weighted by Crippen LogP contribution is -2.18. The van der Waals surface area contributed by atoms with Crippen molar-refractivity contribution in [1.29, 1.82) is 0 Å². The fourth-order valence-corrected chi connectivity index (χ4v) is 3.02. The van der Waals surface area contributed by atoms with Crippen LogP contribution >= 0.6 is 22.6 Å². The van der Waals surface area contributed by atoms with E-state index in [1.165, 1.54) is 38.5 Å². The van der Waals surface area contributed by atoms with Crippen molar-refractivity contribution >= 4 is 22.6 Å². The van der Waals surface area contributed by atoms with Crippen molar-refractivity contribution in [2.45, 2.75) is 49.4 Å². The lowest BCUT2D eigenvalue weighted by molar-refractivity contribution is 0.358. The second-order valence-corrected chi connectivity index (χ2v) is 4.95. The SMILES string of the molecule is CCCC1CCCCC1I. The first-order valence-electron chi connectivity index (χ1n) is 4.48. The average Bonchev–Trinajstić information content (AvgIpc) is 1.94. The summed E-state index contributed by atoms with van der Waals surface area (Å²) in [5, 5.41) is 0. The Bertz CT molecular complexity index is 88.7. The van der Waals surface area contributed by atoms with Gasteiger partial charge in [0.1, 0.15) is 0 Å². The molecule has 10 heavy (non-hydrogen) atoms. The van der Waals surface area contributed by atoms with Crippen LogP contribution in [0.15, 0.2) is 0 Å². The Labute approximate surface area is 77.9 Å². The van der Waals surface area contributed by atoms with Gasteiger partial charge >= 0.3 is 0 Å². The molecular weight excluding hydrogens is 235 g/mol. The number of hydrogen-bond donors (Lipinski definition) is 0. The Morgan fingerprint density at radius 3 is 2.60 bits per heavy atom. The van der Waals surface area contributed by atoms with Crippen molar-refractivity contribution in [2.24, 2.45) is 5.92 Å². The molecule has 2 unspecified atom stereocenters. The molecule has 1 fully saturated rings. The van der Waals surface area contributed by atoms with Crippen LogP contribution in [0.5, 0.6) is 0 Å². The van der Waals surface area contributed by atoms with Crippen LogP contribution in [0.3, 0.4) is 0 Å². The van der Waals surface area contributed by atoms with Crippen LogP contribution in [0.2, 0.25) is 0 Å². The number of halogens is 1. The van der Waals surface area contributed by atoms with E-state index in [9.17, 15) is 0 Å². The van der Waals surface area contributed by atoms with Gasteiger partial charge in [-0.3, -0.25) is 0 Å². The second-order valence-electron chi connectivity index (χ2n) is 3.35. The maximum absolute atomic E-state index is 2.64. The topological polar surface area (TPSA) is 0 Å². The summed E-state index contributed by atoms with van der Waals surface area (Å²) in [5.41, 5.74) is 0. The number of rotatable bonds is 2. The Hall–Kier alpha value is 0.730. The molecular formula is C9H17I. The third-order valence-corrected chi connectivity index (χ3v) is 4.12. The largest absolute Gasteiger partial charge is 0.0823 e. The highest BCUT2D eigenvalue weighted by Crippen LogP contribution is 2.32. The number of alkyl halides is 1. The molecule has 1 saturated carbocycles. The zero-order valence-electron chi connectivity index (χ0n) is 6.78. The minimum Gasteiger partial charge on any atom is -0.0823 e. The van der Waals surface area contributed by atoms with Gasteiger partial charge in [0, 0.05) is 3.92 Å². The zero-order chi connectivity index (χ0) is 7.40. The molecule has 2 atom stereocenters. The molecule has 1 aliphatic carbocycles. The predicted octanol–water partition coefficient (Wildman–Crippen LogP) is 3.78. The summed E-state index contributed by atoms with van der Waals surface area (Å²) in [6.45, 7) is 2.30. The van der Waals surface area contributed by atoms with Crippen LogP contribution in [0.4, 0.5) is 0 Å². The fraction of sp³-hybridized carbons (Fsp3) is 1.00. The van der Waals surface area contributed by atoms with E-state index in [-0.39, 0.29) is 0 Å². The summed E-state index contributed by atoms with van der Waals surface area (Å²) in [6.07, 6.45) is 8.79. The Morgan fingerprint density at radius 1 is 1.30 bits per heavy atom. The molecule has 0 amide bonds. The zero-order valence-corrected chi connectivity index (χ0v) is 8.93. The summed E-state index contributed by atoms with van der Waals surface area (Å²) >= 11 is 2.64. The second kappa shape index (κ2) is 4.58. The monoisotopic (exact) mass is 252 g/mol. The van der Waals surface area contributed by atoms with Gasteiger partial charge in [-0.2, -0.15) is 0 Å². The van der Waals surface area contributed by atoms with Crippen LogP contribution in [0.25, 0.3) is 0 Å². The third-order valence-electron chi connectivity index (χ3n) is 2.48. The highest BCUT2D eigenvalue weighted by molar-refractivity contribution is 14.1. The smallest absolute Gasteiger partial charge is 0.0138 e. The molecule has 0 N–H and O–H groups in total. The van der Waals surface area contributed by atoms with Crippen molar-refractivity contribution in [3.63, 3.8) is 0 Å². The predicted molar refractivity (Wildman–Crippen MR) is 54.7 cm³/mol. The Kier molecular flexibility index (Phi) is 4.04. The van der Waals surface area contributed by atoms with E-state index in [1.807, 2.05) is 0 Å². The fourth-order valence-electron chi connectivity index (χ4n) is 1.86. The van der Waals surface area contributed by atoms with Gasteiger partial charge in [0.2, 0.25) is 0 Å². The minimum atomic E-state index is 0.992. The molecule has 0 aliphatic heterocycles. The first-order chi connectivity index (χ1) is 4.84. The molecule has 0 heterocycles. The molecule has 0 bridgehead atoms. The lowest BCUT2D eigenvalue weighted by Gasteiger charge is -2.26. The van der Waals surface area contributed by atoms with Gasteiger partial charge in [0.25, 0.3) is 0 Å². The van der Waals surface area contributed by atoms with E-state index < -0.39 is 0 Å². The van der Waals surface area contributed by atoms with E-state index in [2.05, 4.69) is 29.5 Å². The van der Waals surface area contributed by atoms with E-state index in [0.29, 0.717) is 0 Å². The molecule has 0 spiro atoms. The first kappa shape index (κ1) is 8.82. The molecule has 0 aromatic rings. The van der Waals surface area contributed by atoms with E-state index in [4.69, 9.17) is 0 Å². The Morgan fingerprint density at radius 2 is 2.00 bits per heavy atom. The van der Waals surface area contributed by atoms with Gasteiger partial charge in [0.15, 0.2) is 0 Å². The van der Waals surface area contributed by atoms with Crippen LogP contribution in [0.1, 0.15) is 45.4 Å². The van der Waals surface area contributed by atoms with Crippen molar-refractivity contribution in [3.8, 4) is 0 Å². The van der Waals surface area contributed by atoms with Gasteiger partial charge in [-0.1, -0.05) is 48.8 Å². The number of hydrogen-bond acceptors (Lipinski definition) is 0. The highest BCUT2D eigenvalue weighted by Gasteiger charge is 2.20. The molecule has 1 rings (SSSR count). The summed E-state index contributed by atoms with van der Waals surface area (Å²) in [6, 6.07) is 0. The average molecular weight is 252 g/mol. The normalized spacial score (nSPS) is 34.2. The van der Waals surface area contributed by atoms with E-state index in [0.717, 1.165) is 9.84 Å². The van der Waals surface area contributed by atoms with Crippen LogP contribution in [0, 0.1) is 5.92 Å². The standard InChI is InChI=1S/C9H17I/c1-2-5-8-6-3-4-7-9(8)10/h8-9H,2-7H2,1H3. The van der Waals surface area contributed by atoms with Crippen molar-refractivity contribution in [2.75, 3.05) is 0 Å². The van der Waals surface area contributed by atoms with Gasteiger partial charge in [-0.05, 0) is 25.2 Å². The summed E-state index contributed by atoms with van der Waals surface area (Å²) in [4.78, 5) is 0. The van der Waals surface area contributed by atoms with Gasteiger partial charge in [0.05, 0.1) is 0 Å². The Balaban J connectivity index is 2.25. The van der Waals surface area contributed by atoms with Gasteiger partial charge < -0.3 is 0 Å². The van der Waals surface area contributed by atoms with Crippen molar-refractivity contribution in [3.05, 3.63) is 0 Å². The maximum Gasteiger partial charge on any atom is 0.0138 e. The van der Waals surface area contributed by atoms with E-state index in [1.54, 1.807) is 0 Å². The molecule has 60 valence electrons. The first-order valence-corrected chi connectivity index (χ1v) is 5.73. The lowest BCUT2D eigenvalue weighted by atomic mass is 9.86. The molecule has 0 radical (unpaired) electrons. The quantitative estimate of drug-likeness (QED) is 0.518. The summed E-state index contributed by atoms with van der Waals surface area (Å²) in [5.74, 6) is 1.05. The van der Waals surface area contributed by atoms with Crippen LogP contribution in [-0.4, -0.2) is 3.92 Å². The van der Waals surface area contributed by atoms with Crippen LogP contribution in [-0.2, 0) is 0 Å². The minimum absolute atomic E-state index is 0.992. The maximum atomic E-state index is 2.64. The van der Waals surface area contributed by atoms with E-state index >= 15 is 0 Å².